The fraction of sp³-hybridized carbons (Fsp3) is 0.318. The molecule has 12 nitrogen and oxygen atoms in total. The van der Waals surface area contributed by atoms with Gasteiger partial charge in [-0.1, -0.05) is 0 Å². The fourth-order valence-corrected chi connectivity index (χ4v) is 4.02. The minimum atomic E-state index is -1.68. The third-order valence-electron chi connectivity index (χ3n) is 5.77. The van der Waals surface area contributed by atoms with Crippen molar-refractivity contribution >= 4 is 33.1 Å². The minimum Gasteiger partial charge on any atom is -0.507 e. The van der Waals surface area contributed by atoms with Crippen LogP contribution in [-0.2, 0) is 4.74 Å². The average molecular weight is 476 g/mol. The van der Waals surface area contributed by atoms with Crippen molar-refractivity contribution in [1.29, 1.82) is 0 Å². The van der Waals surface area contributed by atoms with Gasteiger partial charge in [0.25, 0.3) is 0 Å². The molecule has 0 unspecified atom stereocenters. The van der Waals surface area contributed by atoms with Crippen molar-refractivity contribution in [1.82, 2.24) is 0 Å². The van der Waals surface area contributed by atoms with Crippen molar-refractivity contribution in [2.75, 3.05) is 13.7 Å². The quantitative estimate of drug-likeness (QED) is 0.236. The standard InChI is InChI=1S/C22H20O12/c1-30-12-4-8-11(5-9(12)24)32-21-15(8)18(27)16-10(25)2-7(3-13(16)33-21)31-22-20(29)19(28)17(26)14(6-23)34-22/h2-5,14,17,19-20,22-26,28-29H,6H2,1H3/t14-,17-,19+,20-,22-/m1/s1. The van der Waals surface area contributed by atoms with Gasteiger partial charge in [-0.3, -0.25) is 4.79 Å². The molecule has 1 fully saturated rings. The molecule has 4 aromatic rings. The largest absolute Gasteiger partial charge is 0.507 e. The third kappa shape index (κ3) is 3.31. The summed E-state index contributed by atoms with van der Waals surface area (Å²) in [5, 5.41) is 60.0. The molecule has 0 bridgehead atoms. The molecular formula is C22H20O12. The van der Waals surface area contributed by atoms with Gasteiger partial charge in [-0.25, -0.2) is 0 Å². The molecule has 0 amide bonds. The van der Waals surface area contributed by atoms with E-state index in [-0.39, 0.29) is 45.0 Å². The molecule has 5 rings (SSSR count). The first-order valence-electron chi connectivity index (χ1n) is 10.1. The lowest BCUT2D eigenvalue weighted by Crippen LogP contribution is -2.60. The molecule has 0 spiro atoms. The van der Waals surface area contributed by atoms with E-state index in [2.05, 4.69) is 0 Å². The molecule has 180 valence electrons. The number of aliphatic hydroxyl groups is 4. The van der Waals surface area contributed by atoms with Crippen LogP contribution >= 0.6 is 0 Å². The molecule has 6 N–H and O–H groups in total. The van der Waals surface area contributed by atoms with Crippen molar-refractivity contribution in [2.24, 2.45) is 0 Å². The number of aliphatic hydroxyl groups excluding tert-OH is 4. The van der Waals surface area contributed by atoms with E-state index in [4.69, 9.17) is 23.0 Å². The number of phenolic OH excluding ortho intramolecular Hbond substituents is 2. The average Bonchev–Trinajstić information content (AvgIpc) is 3.15. The van der Waals surface area contributed by atoms with Crippen LogP contribution < -0.4 is 14.9 Å². The van der Waals surface area contributed by atoms with E-state index in [0.717, 1.165) is 6.07 Å². The monoisotopic (exact) mass is 476 g/mol. The summed E-state index contributed by atoms with van der Waals surface area (Å²) >= 11 is 0. The summed E-state index contributed by atoms with van der Waals surface area (Å²) in [5.74, 6) is -0.879. The number of rotatable bonds is 4. The van der Waals surface area contributed by atoms with E-state index in [0.29, 0.717) is 5.39 Å². The molecule has 1 saturated heterocycles. The second kappa shape index (κ2) is 8.04. The molecule has 1 aliphatic heterocycles. The summed E-state index contributed by atoms with van der Waals surface area (Å²) in [6, 6.07) is 5.00. The predicted octanol–water partition coefficient (Wildman–Crippen LogP) is 0.291. The SMILES string of the molecule is COc1cc2c(cc1O)oc1oc3cc(O[C@@H]4O[C@H](CO)[C@@H](O)[C@H](O)[C@H]4O)cc(O)c3c(=O)c12. The number of hydrogen-bond acceptors (Lipinski definition) is 12. The van der Waals surface area contributed by atoms with Gasteiger partial charge < -0.3 is 53.7 Å². The van der Waals surface area contributed by atoms with Gasteiger partial charge in [0.15, 0.2) is 11.5 Å². The summed E-state index contributed by atoms with van der Waals surface area (Å²) < 4.78 is 27.1. The zero-order valence-corrected chi connectivity index (χ0v) is 17.5. The number of aromatic hydroxyl groups is 2. The summed E-state index contributed by atoms with van der Waals surface area (Å²) in [4.78, 5) is 13.2. The van der Waals surface area contributed by atoms with Crippen LogP contribution in [0.4, 0.5) is 0 Å². The van der Waals surface area contributed by atoms with Crippen LogP contribution in [0.2, 0.25) is 0 Å². The first-order valence-corrected chi connectivity index (χ1v) is 10.1. The zero-order valence-electron chi connectivity index (χ0n) is 17.5. The number of ether oxygens (including phenoxy) is 3. The molecule has 0 saturated carbocycles. The Hall–Kier alpha value is -3.55. The molecule has 2 aromatic heterocycles. The fourth-order valence-electron chi connectivity index (χ4n) is 4.02. The Morgan fingerprint density at radius 3 is 2.35 bits per heavy atom. The summed E-state index contributed by atoms with van der Waals surface area (Å²) in [5.41, 5.74) is -0.575. The van der Waals surface area contributed by atoms with Crippen LogP contribution in [0.3, 0.4) is 0 Å². The zero-order chi connectivity index (χ0) is 24.3. The van der Waals surface area contributed by atoms with Gasteiger partial charge in [0.05, 0.1) is 13.7 Å². The molecule has 34 heavy (non-hydrogen) atoms. The maximum atomic E-state index is 13.2. The topological polar surface area (TPSA) is 192 Å². The Kier molecular flexibility index (Phi) is 5.26. The van der Waals surface area contributed by atoms with Gasteiger partial charge >= 0.3 is 5.78 Å². The maximum Gasteiger partial charge on any atom is 0.302 e. The van der Waals surface area contributed by atoms with Crippen LogP contribution in [-0.4, -0.2) is 75.1 Å². The van der Waals surface area contributed by atoms with Gasteiger partial charge in [-0.15, -0.1) is 0 Å². The van der Waals surface area contributed by atoms with Gasteiger partial charge in [0, 0.05) is 23.6 Å². The van der Waals surface area contributed by atoms with Gasteiger partial charge in [-0.2, -0.15) is 0 Å². The van der Waals surface area contributed by atoms with E-state index in [1.54, 1.807) is 0 Å². The lowest BCUT2D eigenvalue weighted by atomic mass is 9.99. The minimum absolute atomic E-state index is 0.0266. The van der Waals surface area contributed by atoms with E-state index < -0.39 is 48.5 Å². The third-order valence-corrected chi connectivity index (χ3v) is 5.77. The molecule has 1 aliphatic rings. The number of methoxy groups -OCH3 is 1. The molecular weight excluding hydrogens is 456 g/mol. The summed E-state index contributed by atoms with van der Waals surface area (Å²) in [6.45, 7) is -0.646. The van der Waals surface area contributed by atoms with Crippen molar-refractivity contribution in [2.45, 2.75) is 30.7 Å². The number of phenols is 2. The van der Waals surface area contributed by atoms with Gasteiger partial charge in [-0.05, 0) is 6.07 Å². The smallest absolute Gasteiger partial charge is 0.302 e. The molecule has 2 aromatic carbocycles. The van der Waals surface area contributed by atoms with Crippen LogP contribution in [0.5, 0.6) is 23.0 Å². The lowest BCUT2D eigenvalue weighted by Gasteiger charge is -2.39. The van der Waals surface area contributed by atoms with Crippen molar-refractivity contribution in [3.05, 3.63) is 34.5 Å². The molecule has 12 heteroatoms. The normalized spacial score (nSPS) is 25.3. The van der Waals surface area contributed by atoms with Gasteiger partial charge in [0.1, 0.15) is 57.9 Å². The highest BCUT2D eigenvalue weighted by Gasteiger charge is 2.44. The Morgan fingerprint density at radius 1 is 0.912 bits per heavy atom. The van der Waals surface area contributed by atoms with Crippen LogP contribution in [0.25, 0.3) is 33.1 Å². The predicted molar refractivity (Wildman–Crippen MR) is 114 cm³/mol. The van der Waals surface area contributed by atoms with Crippen molar-refractivity contribution in [3.63, 3.8) is 0 Å². The first-order chi connectivity index (χ1) is 16.2. The highest BCUT2D eigenvalue weighted by atomic mass is 16.7. The Balaban J connectivity index is 1.61. The number of fused-ring (bicyclic) bond motifs is 4. The highest BCUT2D eigenvalue weighted by Crippen LogP contribution is 2.38. The maximum absolute atomic E-state index is 13.2. The number of benzene rings is 2. The number of hydrogen-bond donors (Lipinski definition) is 6. The second-order valence-corrected chi connectivity index (χ2v) is 7.85. The molecule has 0 radical (unpaired) electrons. The van der Waals surface area contributed by atoms with E-state index in [1.807, 2.05) is 0 Å². The van der Waals surface area contributed by atoms with Crippen LogP contribution in [0.1, 0.15) is 0 Å². The second-order valence-electron chi connectivity index (χ2n) is 7.85. The Morgan fingerprint density at radius 2 is 1.65 bits per heavy atom. The first kappa shape index (κ1) is 22.3. The van der Waals surface area contributed by atoms with Crippen molar-refractivity contribution in [3.8, 4) is 23.0 Å². The molecule has 0 aliphatic carbocycles. The summed E-state index contributed by atoms with van der Waals surface area (Å²) in [6.07, 6.45) is -7.61. The van der Waals surface area contributed by atoms with E-state index in [9.17, 15) is 35.4 Å². The number of furan rings is 1. The van der Waals surface area contributed by atoms with Gasteiger partial charge in [0.2, 0.25) is 11.7 Å². The van der Waals surface area contributed by atoms with E-state index in [1.165, 1.54) is 25.3 Å². The Labute approximate surface area is 189 Å². The Bertz CT molecular complexity index is 1450. The van der Waals surface area contributed by atoms with Crippen molar-refractivity contribution < 1.29 is 53.7 Å². The van der Waals surface area contributed by atoms with E-state index >= 15 is 0 Å². The molecule has 5 atom stereocenters. The van der Waals surface area contributed by atoms with Crippen LogP contribution in [0, 0.1) is 0 Å². The van der Waals surface area contributed by atoms with Crippen LogP contribution in [0.15, 0.2) is 37.9 Å². The highest BCUT2D eigenvalue weighted by molar-refractivity contribution is 6.07. The molecule has 3 heterocycles. The lowest BCUT2D eigenvalue weighted by molar-refractivity contribution is -0.277. The summed E-state index contributed by atoms with van der Waals surface area (Å²) in [7, 11) is 1.35.